The molecule has 1 N–H and O–H groups in total. The Balaban J connectivity index is 1.29. The van der Waals surface area contributed by atoms with Gasteiger partial charge in [0.1, 0.15) is 0 Å². The van der Waals surface area contributed by atoms with Gasteiger partial charge in [-0.25, -0.2) is 9.97 Å². The van der Waals surface area contributed by atoms with Gasteiger partial charge in [0.15, 0.2) is 0 Å². The topological polar surface area (TPSA) is 72.8 Å². The molecule has 5 rings (SSSR count). The molecule has 0 radical (unpaired) electrons. The number of carbonyl (C=O) groups is 1. The van der Waals surface area contributed by atoms with E-state index in [2.05, 4.69) is 26.8 Å². The van der Waals surface area contributed by atoms with Gasteiger partial charge < -0.3 is 14.9 Å². The van der Waals surface area contributed by atoms with Crippen LogP contribution in [0.3, 0.4) is 0 Å². The first-order chi connectivity index (χ1) is 14.9. The summed E-state index contributed by atoms with van der Waals surface area (Å²) in [7, 11) is 2.16. The maximum atomic E-state index is 13.3. The minimum Gasteiger partial charge on any atom is -0.391 e. The van der Waals surface area contributed by atoms with Crippen molar-refractivity contribution in [3.63, 3.8) is 0 Å². The predicted molar refractivity (Wildman–Crippen MR) is 120 cm³/mol. The minimum atomic E-state index is -0.290. The smallest absolute Gasteiger partial charge is 0.253 e. The van der Waals surface area contributed by atoms with E-state index in [1.54, 1.807) is 0 Å². The highest BCUT2D eigenvalue weighted by Gasteiger charge is 2.45. The molecule has 7 nitrogen and oxygen atoms in total. The van der Waals surface area contributed by atoms with E-state index in [1.165, 1.54) is 0 Å². The summed E-state index contributed by atoms with van der Waals surface area (Å²) in [5, 5.41) is 10.9. The van der Waals surface area contributed by atoms with Gasteiger partial charge in [0.05, 0.1) is 28.5 Å². The van der Waals surface area contributed by atoms with Crippen LogP contribution in [-0.2, 0) is 0 Å². The molecule has 1 amide bonds. The lowest BCUT2D eigenvalue weighted by atomic mass is 9.77. The van der Waals surface area contributed by atoms with Crippen LogP contribution in [0.2, 0.25) is 0 Å². The zero-order chi connectivity index (χ0) is 21.7. The Labute approximate surface area is 184 Å². The lowest BCUT2D eigenvalue weighted by molar-refractivity contribution is -0.0249. The minimum absolute atomic E-state index is 0.0713. The predicted octanol–water partition coefficient (Wildman–Crippen LogP) is 1.71. The van der Waals surface area contributed by atoms with E-state index >= 15 is 0 Å². The number of rotatable bonds is 2. The fourth-order valence-corrected chi connectivity index (χ4v) is 5.67. The van der Waals surface area contributed by atoms with E-state index in [0.29, 0.717) is 17.4 Å². The molecule has 7 heteroatoms. The molecule has 3 aliphatic rings. The maximum absolute atomic E-state index is 13.3. The zero-order valence-electron chi connectivity index (χ0n) is 18.8. The third-order valence-electron chi connectivity index (χ3n) is 7.73. The number of aryl methyl sites for hydroxylation is 2. The number of hydrogen-bond acceptors (Lipinski definition) is 6. The Morgan fingerprint density at radius 3 is 2.32 bits per heavy atom. The van der Waals surface area contributed by atoms with Gasteiger partial charge in [-0.15, -0.1) is 0 Å². The summed E-state index contributed by atoms with van der Waals surface area (Å²) < 4.78 is 0. The van der Waals surface area contributed by atoms with Crippen LogP contribution in [0.5, 0.6) is 0 Å². The molecule has 2 saturated heterocycles. The molecule has 166 valence electrons. The number of hydrogen-bond donors (Lipinski definition) is 1. The Hall–Kier alpha value is -2.09. The third-order valence-corrected chi connectivity index (χ3v) is 7.73. The molecule has 0 bridgehead atoms. The average Bonchev–Trinajstić information content (AvgIpc) is 3.16. The molecule has 31 heavy (non-hydrogen) atoms. The van der Waals surface area contributed by atoms with E-state index < -0.39 is 0 Å². The molecule has 4 atom stereocenters. The third kappa shape index (κ3) is 3.95. The van der Waals surface area contributed by atoms with Crippen molar-refractivity contribution in [2.24, 2.45) is 11.8 Å². The Kier molecular flexibility index (Phi) is 5.44. The molecule has 2 aliphatic heterocycles. The number of aliphatic hydroxyl groups excluding tert-OH is 1. The van der Waals surface area contributed by atoms with Crippen LogP contribution in [0.25, 0.3) is 11.0 Å². The molecule has 0 spiro atoms. The lowest BCUT2D eigenvalue weighted by Crippen LogP contribution is -2.55. The van der Waals surface area contributed by atoms with Gasteiger partial charge in [-0.2, -0.15) is 0 Å². The lowest BCUT2D eigenvalue weighted by Gasteiger charge is -2.44. The van der Waals surface area contributed by atoms with Gasteiger partial charge in [-0.1, -0.05) is 0 Å². The SMILES string of the molecule is Cc1nc2ccc(C(=O)N3C[C@H]4C[C@@H](N5CCN(C)CC5)[C@H](O)C[C@H]4C3)cc2nc1C. The van der Waals surface area contributed by atoms with Crippen LogP contribution in [-0.4, -0.2) is 94.1 Å². The number of carbonyl (C=O) groups excluding carboxylic acids is 1. The van der Waals surface area contributed by atoms with Gasteiger partial charge in [0.2, 0.25) is 0 Å². The van der Waals surface area contributed by atoms with E-state index in [1.807, 2.05) is 36.9 Å². The van der Waals surface area contributed by atoms with Crippen LogP contribution >= 0.6 is 0 Å². The summed E-state index contributed by atoms with van der Waals surface area (Å²) >= 11 is 0. The molecule has 2 aromatic rings. The Morgan fingerprint density at radius 1 is 0.968 bits per heavy atom. The van der Waals surface area contributed by atoms with Crippen LogP contribution < -0.4 is 0 Å². The fraction of sp³-hybridized carbons (Fsp3) is 0.625. The second kappa shape index (κ2) is 8.11. The molecule has 1 saturated carbocycles. The highest BCUT2D eigenvalue weighted by molar-refractivity contribution is 5.97. The summed E-state index contributed by atoms with van der Waals surface area (Å²) in [6.07, 6.45) is 1.50. The standard InChI is InChI=1S/C24H33N5O2/c1-15-16(2)26-21-10-17(4-5-20(21)25-15)24(31)29-13-18-11-22(23(30)12-19(18)14-29)28-8-6-27(3)7-9-28/h4-5,10,18-19,22-23,30H,6-9,11-14H2,1-3H3/t18-,19+,22-,23-/m1/s1. The van der Waals surface area contributed by atoms with Gasteiger partial charge in [0.25, 0.3) is 5.91 Å². The van der Waals surface area contributed by atoms with Crippen LogP contribution in [0.4, 0.5) is 0 Å². The second-order valence-electron chi connectivity index (χ2n) is 9.77. The van der Waals surface area contributed by atoms with Crippen LogP contribution in [0, 0.1) is 25.7 Å². The second-order valence-corrected chi connectivity index (χ2v) is 9.77. The highest BCUT2D eigenvalue weighted by atomic mass is 16.3. The number of benzene rings is 1. The van der Waals surface area contributed by atoms with E-state index in [0.717, 1.165) is 74.5 Å². The van der Waals surface area contributed by atoms with E-state index in [4.69, 9.17) is 0 Å². The molecule has 1 aromatic carbocycles. The molecule has 1 aromatic heterocycles. The van der Waals surface area contributed by atoms with Gasteiger partial charge in [-0.3, -0.25) is 9.69 Å². The molecular weight excluding hydrogens is 390 g/mol. The number of likely N-dealkylation sites (N-methyl/N-ethyl adjacent to an activating group) is 1. The normalized spacial score (nSPS) is 30.0. The maximum Gasteiger partial charge on any atom is 0.253 e. The summed E-state index contributed by atoms with van der Waals surface area (Å²) in [5.74, 6) is 0.942. The Morgan fingerprint density at radius 2 is 1.61 bits per heavy atom. The van der Waals surface area contributed by atoms with E-state index in [-0.39, 0.29) is 18.1 Å². The zero-order valence-corrected chi connectivity index (χ0v) is 18.8. The largest absolute Gasteiger partial charge is 0.391 e. The summed E-state index contributed by atoms with van der Waals surface area (Å²) in [4.78, 5) is 29.3. The fourth-order valence-electron chi connectivity index (χ4n) is 5.67. The number of piperazine rings is 1. The molecule has 3 fully saturated rings. The monoisotopic (exact) mass is 423 g/mol. The van der Waals surface area contributed by atoms with Crippen molar-refractivity contribution in [1.29, 1.82) is 0 Å². The first-order valence-corrected chi connectivity index (χ1v) is 11.5. The average molecular weight is 424 g/mol. The van der Waals surface area contributed by atoms with Gasteiger partial charge in [0, 0.05) is 50.9 Å². The summed E-state index contributed by atoms with van der Waals surface area (Å²) in [6.45, 7) is 9.60. The number of amides is 1. The number of likely N-dealkylation sites (tertiary alicyclic amines) is 1. The van der Waals surface area contributed by atoms with Gasteiger partial charge >= 0.3 is 0 Å². The van der Waals surface area contributed by atoms with Crippen LogP contribution in [0.15, 0.2) is 18.2 Å². The number of nitrogens with zero attached hydrogens (tertiary/aromatic N) is 5. The summed E-state index contributed by atoms with van der Waals surface area (Å²) in [6, 6.07) is 5.88. The van der Waals surface area contributed by atoms with Crippen molar-refractivity contribution >= 4 is 16.9 Å². The van der Waals surface area contributed by atoms with Crippen molar-refractivity contribution in [3.8, 4) is 0 Å². The Bertz CT molecular complexity index is 987. The number of aromatic nitrogens is 2. The summed E-state index contributed by atoms with van der Waals surface area (Å²) in [5.41, 5.74) is 4.10. The van der Waals surface area contributed by atoms with Crippen molar-refractivity contribution in [2.45, 2.75) is 38.8 Å². The first-order valence-electron chi connectivity index (χ1n) is 11.5. The molecule has 0 unspecified atom stereocenters. The van der Waals surface area contributed by atoms with Crippen molar-refractivity contribution in [3.05, 3.63) is 35.2 Å². The van der Waals surface area contributed by atoms with Crippen molar-refractivity contribution in [2.75, 3.05) is 46.3 Å². The van der Waals surface area contributed by atoms with Crippen LogP contribution in [0.1, 0.15) is 34.6 Å². The van der Waals surface area contributed by atoms with E-state index in [9.17, 15) is 9.90 Å². The number of aliphatic hydroxyl groups is 1. The van der Waals surface area contributed by atoms with Gasteiger partial charge in [-0.05, 0) is 63.8 Å². The molecular formula is C24H33N5O2. The first kappa shape index (κ1) is 20.8. The number of fused-ring (bicyclic) bond motifs is 2. The van der Waals surface area contributed by atoms with Crippen molar-refractivity contribution in [1.82, 2.24) is 24.7 Å². The highest BCUT2D eigenvalue weighted by Crippen LogP contribution is 2.39. The quantitative estimate of drug-likeness (QED) is 0.793. The molecule has 1 aliphatic carbocycles. The molecule has 3 heterocycles. The van der Waals surface area contributed by atoms with Crippen molar-refractivity contribution < 1.29 is 9.90 Å².